The summed E-state index contributed by atoms with van der Waals surface area (Å²) in [5.41, 5.74) is 6.95. The summed E-state index contributed by atoms with van der Waals surface area (Å²) in [7, 11) is 2.00. The van der Waals surface area contributed by atoms with E-state index in [2.05, 4.69) is 26.1 Å². The summed E-state index contributed by atoms with van der Waals surface area (Å²) in [6, 6.07) is 6.25. The number of hydrogen-bond donors (Lipinski definition) is 2. The predicted molar refractivity (Wildman–Crippen MR) is 77.0 cm³/mol. The lowest BCUT2D eigenvalue weighted by atomic mass is 10.0. The Morgan fingerprint density at radius 3 is 2.94 bits per heavy atom. The quantitative estimate of drug-likeness (QED) is 0.894. The fourth-order valence-corrected chi connectivity index (χ4v) is 2.91. The van der Waals surface area contributed by atoms with Crippen LogP contribution in [-0.4, -0.2) is 32.1 Å². The lowest BCUT2D eigenvalue weighted by Crippen LogP contribution is -2.44. The van der Waals surface area contributed by atoms with E-state index in [1.165, 1.54) is 12.8 Å². The molecule has 3 N–H and O–H groups in total. The second-order valence-corrected chi connectivity index (χ2v) is 5.46. The Bertz CT molecular complexity index is 450. The molecule has 98 valence electrons. The van der Waals surface area contributed by atoms with Crippen molar-refractivity contribution in [3.8, 4) is 0 Å². The van der Waals surface area contributed by atoms with Gasteiger partial charge >= 0.3 is 0 Å². The van der Waals surface area contributed by atoms with Crippen LogP contribution in [0.3, 0.4) is 0 Å². The van der Waals surface area contributed by atoms with Crippen molar-refractivity contribution >= 4 is 27.5 Å². The molecule has 0 aromatic heterocycles. The summed E-state index contributed by atoms with van der Waals surface area (Å²) in [6.45, 7) is 2.05. The fourth-order valence-electron chi connectivity index (χ4n) is 2.35. The van der Waals surface area contributed by atoms with Gasteiger partial charge in [0, 0.05) is 29.3 Å². The first kappa shape index (κ1) is 13.4. The van der Waals surface area contributed by atoms with Gasteiger partial charge in [0.2, 0.25) is 5.91 Å². The molecule has 0 bridgehead atoms. The molecule has 1 amide bonds. The summed E-state index contributed by atoms with van der Waals surface area (Å²) in [5.74, 6) is -0.403. The number of nitrogens with zero attached hydrogens (tertiary/aromatic N) is 1. The van der Waals surface area contributed by atoms with Gasteiger partial charge in [-0.15, -0.1) is 0 Å². The maximum absolute atomic E-state index is 11.2. The summed E-state index contributed by atoms with van der Waals surface area (Å²) < 4.78 is 0.763. The minimum absolute atomic E-state index is 0.403. The van der Waals surface area contributed by atoms with Crippen molar-refractivity contribution < 1.29 is 4.79 Å². The van der Waals surface area contributed by atoms with E-state index in [9.17, 15) is 4.79 Å². The number of carbonyl (C=O) groups is 1. The number of amides is 1. The smallest absolute Gasteiger partial charge is 0.249 e. The standard InChI is InChI=1S/C13H18BrN3O/c1-16-9-3-2-6-17(8-9)10-4-5-11(13(15)18)12(14)7-10/h4-5,7,9,16H,2-3,6,8H2,1H3,(H2,15,18). The average molecular weight is 312 g/mol. The third-order valence-corrected chi connectivity index (χ3v) is 4.07. The first-order valence-corrected chi connectivity index (χ1v) is 6.92. The van der Waals surface area contributed by atoms with Crippen molar-refractivity contribution in [3.63, 3.8) is 0 Å². The van der Waals surface area contributed by atoms with Gasteiger partial charge in [-0.2, -0.15) is 0 Å². The van der Waals surface area contributed by atoms with Crippen LogP contribution in [0.2, 0.25) is 0 Å². The molecule has 1 aliphatic rings. The van der Waals surface area contributed by atoms with Gasteiger partial charge in [0.05, 0.1) is 5.56 Å². The Hall–Kier alpha value is -1.07. The lowest BCUT2D eigenvalue weighted by molar-refractivity contribution is 0.0999. The molecule has 0 spiro atoms. The molecule has 1 aliphatic heterocycles. The van der Waals surface area contributed by atoms with E-state index in [1.54, 1.807) is 6.07 Å². The second kappa shape index (κ2) is 5.71. The van der Waals surface area contributed by atoms with E-state index in [0.29, 0.717) is 11.6 Å². The third-order valence-electron chi connectivity index (χ3n) is 3.41. The topological polar surface area (TPSA) is 58.4 Å². The minimum atomic E-state index is -0.403. The van der Waals surface area contributed by atoms with Crippen molar-refractivity contribution in [2.45, 2.75) is 18.9 Å². The highest BCUT2D eigenvalue weighted by Crippen LogP contribution is 2.26. The molecule has 18 heavy (non-hydrogen) atoms. The number of benzene rings is 1. The Morgan fingerprint density at radius 2 is 2.33 bits per heavy atom. The highest BCUT2D eigenvalue weighted by molar-refractivity contribution is 9.10. The number of likely N-dealkylation sites (N-methyl/N-ethyl adjacent to an activating group) is 1. The molecule has 0 saturated carbocycles. The number of primary amides is 1. The zero-order chi connectivity index (χ0) is 13.1. The second-order valence-electron chi connectivity index (χ2n) is 4.60. The normalized spacial score (nSPS) is 19.9. The first-order chi connectivity index (χ1) is 8.61. The van der Waals surface area contributed by atoms with Crippen molar-refractivity contribution in [1.29, 1.82) is 0 Å². The van der Waals surface area contributed by atoms with Gasteiger partial charge in [-0.05, 0) is 54.0 Å². The zero-order valence-corrected chi connectivity index (χ0v) is 12.0. The largest absolute Gasteiger partial charge is 0.370 e. The predicted octanol–water partition coefficient (Wildman–Crippen LogP) is 1.74. The molecule has 1 atom stereocenters. The van der Waals surface area contributed by atoms with Crippen LogP contribution in [0.15, 0.2) is 22.7 Å². The number of nitrogens with one attached hydrogen (secondary N) is 1. The minimum Gasteiger partial charge on any atom is -0.370 e. The van der Waals surface area contributed by atoms with Crippen LogP contribution < -0.4 is 16.0 Å². The van der Waals surface area contributed by atoms with Gasteiger partial charge in [0.25, 0.3) is 0 Å². The van der Waals surface area contributed by atoms with E-state index in [0.717, 1.165) is 23.2 Å². The number of nitrogens with two attached hydrogens (primary N) is 1. The molecule has 4 nitrogen and oxygen atoms in total. The highest BCUT2D eigenvalue weighted by Gasteiger charge is 2.19. The van der Waals surface area contributed by atoms with Crippen LogP contribution in [0.1, 0.15) is 23.2 Å². The van der Waals surface area contributed by atoms with E-state index in [4.69, 9.17) is 5.73 Å². The zero-order valence-electron chi connectivity index (χ0n) is 10.4. The van der Waals surface area contributed by atoms with E-state index < -0.39 is 5.91 Å². The summed E-state index contributed by atoms with van der Waals surface area (Å²) in [5, 5.41) is 3.32. The Morgan fingerprint density at radius 1 is 1.56 bits per heavy atom. The van der Waals surface area contributed by atoms with Gasteiger partial charge < -0.3 is 16.0 Å². The van der Waals surface area contributed by atoms with Gasteiger partial charge in [-0.1, -0.05) is 0 Å². The lowest BCUT2D eigenvalue weighted by Gasteiger charge is -2.34. The fraction of sp³-hybridized carbons (Fsp3) is 0.462. The number of piperidine rings is 1. The van der Waals surface area contributed by atoms with E-state index in [-0.39, 0.29) is 0 Å². The molecule has 1 heterocycles. The molecule has 1 fully saturated rings. The van der Waals surface area contributed by atoms with Crippen molar-refractivity contribution in [2.75, 3.05) is 25.0 Å². The number of rotatable bonds is 3. The van der Waals surface area contributed by atoms with Gasteiger partial charge in [-0.25, -0.2) is 0 Å². The van der Waals surface area contributed by atoms with Crippen molar-refractivity contribution in [2.24, 2.45) is 5.73 Å². The average Bonchev–Trinajstić information content (AvgIpc) is 2.38. The molecule has 2 rings (SSSR count). The molecular formula is C13H18BrN3O. The van der Waals surface area contributed by atoms with E-state index >= 15 is 0 Å². The van der Waals surface area contributed by atoms with Crippen LogP contribution in [0, 0.1) is 0 Å². The van der Waals surface area contributed by atoms with Crippen LogP contribution >= 0.6 is 15.9 Å². The summed E-state index contributed by atoms with van der Waals surface area (Å²) in [4.78, 5) is 13.5. The number of halogens is 1. The van der Waals surface area contributed by atoms with Crippen LogP contribution in [0.5, 0.6) is 0 Å². The molecule has 5 heteroatoms. The van der Waals surface area contributed by atoms with Crippen LogP contribution in [0.4, 0.5) is 5.69 Å². The Labute approximate surface area is 116 Å². The van der Waals surface area contributed by atoms with E-state index in [1.807, 2.05) is 19.2 Å². The Kier molecular flexibility index (Phi) is 4.24. The monoisotopic (exact) mass is 311 g/mol. The molecule has 1 saturated heterocycles. The number of hydrogen-bond acceptors (Lipinski definition) is 3. The molecule has 0 radical (unpaired) electrons. The van der Waals surface area contributed by atoms with Gasteiger partial charge in [-0.3, -0.25) is 4.79 Å². The molecule has 1 unspecified atom stereocenters. The highest BCUT2D eigenvalue weighted by atomic mass is 79.9. The molecular weight excluding hydrogens is 294 g/mol. The number of anilines is 1. The summed E-state index contributed by atoms with van der Waals surface area (Å²) in [6.07, 6.45) is 2.40. The van der Waals surface area contributed by atoms with Gasteiger partial charge in [0.1, 0.15) is 0 Å². The maximum Gasteiger partial charge on any atom is 0.249 e. The number of carbonyl (C=O) groups excluding carboxylic acids is 1. The maximum atomic E-state index is 11.2. The van der Waals surface area contributed by atoms with Gasteiger partial charge in [0.15, 0.2) is 0 Å². The van der Waals surface area contributed by atoms with Crippen LogP contribution in [-0.2, 0) is 0 Å². The first-order valence-electron chi connectivity index (χ1n) is 6.13. The Balaban J connectivity index is 2.18. The van der Waals surface area contributed by atoms with Crippen molar-refractivity contribution in [1.82, 2.24) is 5.32 Å². The van der Waals surface area contributed by atoms with Crippen LogP contribution in [0.25, 0.3) is 0 Å². The molecule has 1 aromatic carbocycles. The summed E-state index contributed by atoms with van der Waals surface area (Å²) >= 11 is 3.40. The van der Waals surface area contributed by atoms with Crippen molar-refractivity contribution in [3.05, 3.63) is 28.2 Å². The SMILES string of the molecule is CNC1CCCN(c2ccc(C(N)=O)c(Br)c2)C1. The third kappa shape index (κ3) is 2.84. The molecule has 1 aromatic rings. The molecule has 0 aliphatic carbocycles.